The van der Waals surface area contributed by atoms with Crippen molar-refractivity contribution in [2.24, 2.45) is 10.8 Å². The second kappa shape index (κ2) is 6.85. The number of rotatable bonds is 1. The van der Waals surface area contributed by atoms with E-state index < -0.39 is 0 Å². The Morgan fingerprint density at radius 2 is 0.800 bits per heavy atom. The van der Waals surface area contributed by atoms with Gasteiger partial charge in [0.1, 0.15) is 0 Å². The molecule has 0 bridgehead atoms. The maximum atomic E-state index is 3.29. The fourth-order valence-electron chi connectivity index (χ4n) is 1.31. The van der Waals surface area contributed by atoms with E-state index in [9.17, 15) is 0 Å². The zero-order valence-electron chi connectivity index (χ0n) is 15.0. The lowest BCUT2D eigenvalue weighted by molar-refractivity contribution is 0.570. The molecule has 110 valence electrons. The van der Waals surface area contributed by atoms with Crippen LogP contribution < -0.4 is 0 Å². The fourth-order valence-corrected chi connectivity index (χ4v) is 1.31. The Morgan fingerprint density at radius 1 is 0.550 bits per heavy atom. The third-order valence-electron chi connectivity index (χ3n) is 2.94. The first kappa shape index (κ1) is 18.6. The molecule has 0 fully saturated rings. The first-order chi connectivity index (χ1) is 8.83. The van der Waals surface area contributed by atoms with Gasteiger partial charge in [-0.15, -0.1) is 0 Å². The van der Waals surface area contributed by atoms with Gasteiger partial charge >= 0.3 is 0 Å². The standard InChI is InChI=1S/C20H30/c1-15(11-13-19(5,6)7)17(3)18(4)16(2)12-14-20(8,9)10/h1-10H3/b17-15+,18-16+. The topological polar surface area (TPSA) is 0 Å². The van der Waals surface area contributed by atoms with E-state index in [-0.39, 0.29) is 10.8 Å². The van der Waals surface area contributed by atoms with Crippen molar-refractivity contribution < 1.29 is 0 Å². The van der Waals surface area contributed by atoms with Gasteiger partial charge in [-0.25, -0.2) is 0 Å². The summed E-state index contributed by atoms with van der Waals surface area (Å²) < 4.78 is 0. The van der Waals surface area contributed by atoms with Crippen LogP contribution in [0.2, 0.25) is 0 Å². The van der Waals surface area contributed by atoms with Gasteiger partial charge in [-0.05, 0) is 80.4 Å². The Kier molecular flexibility index (Phi) is 6.37. The minimum atomic E-state index is 0.0419. The highest BCUT2D eigenvalue weighted by Crippen LogP contribution is 2.19. The molecule has 0 saturated carbocycles. The van der Waals surface area contributed by atoms with Crippen molar-refractivity contribution in [1.29, 1.82) is 0 Å². The van der Waals surface area contributed by atoms with Gasteiger partial charge in [0.2, 0.25) is 0 Å². The van der Waals surface area contributed by atoms with Crippen LogP contribution >= 0.6 is 0 Å². The Hall–Kier alpha value is -1.40. The minimum Gasteiger partial charge on any atom is -0.0923 e. The summed E-state index contributed by atoms with van der Waals surface area (Å²) in [6.45, 7) is 21.2. The summed E-state index contributed by atoms with van der Waals surface area (Å²) in [7, 11) is 0. The number of allylic oxidation sites excluding steroid dienone is 4. The zero-order valence-corrected chi connectivity index (χ0v) is 15.0. The van der Waals surface area contributed by atoms with Crippen LogP contribution in [0.15, 0.2) is 22.3 Å². The molecule has 0 saturated heterocycles. The van der Waals surface area contributed by atoms with Crippen molar-refractivity contribution in [1.82, 2.24) is 0 Å². The van der Waals surface area contributed by atoms with Crippen molar-refractivity contribution in [3.05, 3.63) is 22.3 Å². The largest absolute Gasteiger partial charge is 0.0923 e. The summed E-state index contributed by atoms with van der Waals surface area (Å²) in [6, 6.07) is 0. The molecule has 0 radical (unpaired) electrons. The minimum absolute atomic E-state index is 0.0419. The zero-order chi connectivity index (χ0) is 16.1. The first-order valence-electron chi connectivity index (χ1n) is 7.25. The molecule has 0 aliphatic carbocycles. The van der Waals surface area contributed by atoms with Gasteiger partial charge < -0.3 is 0 Å². The van der Waals surface area contributed by atoms with E-state index in [1.165, 1.54) is 11.1 Å². The number of hydrogen-bond donors (Lipinski definition) is 0. The molecule has 0 aromatic rings. The predicted octanol–water partition coefficient (Wildman–Crippen LogP) is 5.76. The van der Waals surface area contributed by atoms with Gasteiger partial charge in [0.15, 0.2) is 0 Å². The quantitative estimate of drug-likeness (QED) is 0.420. The van der Waals surface area contributed by atoms with Crippen LogP contribution in [0, 0.1) is 34.5 Å². The molecule has 0 nitrogen and oxygen atoms in total. The van der Waals surface area contributed by atoms with E-state index in [0.29, 0.717) is 0 Å². The van der Waals surface area contributed by atoms with Crippen LogP contribution in [0.1, 0.15) is 69.2 Å². The molecule has 20 heavy (non-hydrogen) atoms. The Bertz CT molecular complexity index is 477. The molecule has 0 aliphatic heterocycles. The third-order valence-corrected chi connectivity index (χ3v) is 2.94. The molecule has 0 unspecified atom stereocenters. The van der Waals surface area contributed by atoms with Crippen molar-refractivity contribution in [2.45, 2.75) is 69.2 Å². The number of hydrogen-bond acceptors (Lipinski definition) is 0. The van der Waals surface area contributed by atoms with Crippen molar-refractivity contribution in [2.75, 3.05) is 0 Å². The molecule has 0 atom stereocenters. The summed E-state index contributed by atoms with van der Waals surface area (Å²) in [6.07, 6.45) is 0. The van der Waals surface area contributed by atoms with Crippen molar-refractivity contribution in [3.63, 3.8) is 0 Å². The van der Waals surface area contributed by atoms with E-state index in [1.54, 1.807) is 0 Å². The highest BCUT2D eigenvalue weighted by Gasteiger charge is 2.06. The lowest BCUT2D eigenvalue weighted by Gasteiger charge is -2.10. The summed E-state index contributed by atoms with van der Waals surface area (Å²) >= 11 is 0. The SMILES string of the molecule is C/C(C#CC(C)(C)C)=C(C)\C(C)=C(/C)C#CC(C)(C)C. The first-order valence-corrected chi connectivity index (χ1v) is 7.25. The van der Waals surface area contributed by atoms with Gasteiger partial charge in [-0.2, -0.15) is 0 Å². The fraction of sp³-hybridized carbons (Fsp3) is 0.600. The van der Waals surface area contributed by atoms with Gasteiger partial charge in [0.25, 0.3) is 0 Å². The van der Waals surface area contributed by atoms with E-state index in [4.69, 9.17) is 0 Å². The molecular weight excluding hydrogens is 240 g/mol. The van der Waals surface area contributed by atoms with Crippen LogP contribution in [0.4, 0.5) is 0 Å². The lowest BCUT2D eigenvalue weighted by Crippen LogP contribution is -2.00. The van der Waals surface area contributed by atoms with Gasteiger partial charge in [0.05, 0.1) is 0 Å². The highest BCUT2D eigenvalue weighted by atomic mass is 14.1. The Balaban J connectivity index is 5.50. The van der Waals surface area contributed by atoms with Crippen LogP contribution in [0.25, 0.3) is 0 Å². The second-order valence-corrected chi connectivity index (χ2v) is 7.50. The summed E-state index contributed by atoms with van der Waals surface area (Å²) in [5.41, 5.74) is 4.83. The van der Waals surface area contributed by atoms with Gasteiger partial charge in [0, 0.05) is 22.0 Å². The van der Waals surface area contributed by atoms with Crippen LogP contribution in [0.5, 0.6) is 0 Å². The normalized spacial score (nSPS) is 14.3. The molecular formula is C20H30. The third kappa shape index (κ3) is 7.91. The lowest BCUT2D eigenvalue weighted by atomic mass is 9.94. The average Bonchev–Trinajstić information content (AvgIpc) is 2.29. The Labute approximate surface area is 126 Å². The van der Waals surface area contributed by atoms with E-state index in [1.807, 2.05) is 0 Å². The van der Waals surface area contributed by atoms with Crippen LogP contribution in [0.3, 0.4) is 0 Å². The molecule has 0 heteroatoms. The monoisotopic (exact) mass is 270 g/mol. The van der Waals surface area contributed by atoms with Gasteiger partial charge in [-0.1, -0.05) is 23.7 Å². The summed E-state index contributed by atoms with van der Waals surface area (Å²) in [5.74, 6) is 13.1. The predicted molar refractivity (Wildman–Crippen MR) is 91.2 cm³/mol. The van der Waals surface area contributed by atoms with E-state index in [2.05, 4.69) is 92.9 Å². The van der Waals surface area contributed by atoms with Crippen molar-refractivity contribution in [3.8, 4) is 23.7 Å². The van der Waals surface area contributed by atoms with Crippen LogP contribution in [-0.2, 0) is 0 Å². The molecule has 0 N–H and O–H groups in total. The molecule has 0 spiro atoms. The van der Waals surface area contributed by atoms with Crippen LogP contribution in [-0.4, -0.2) is 0 Å². The molecule has 0 amide bonds. The smallest absolute Gasteiger partial charge is 0.0233 e. The molecule has 0 aromatic carbocycles. The van der Waals surface area contributed by atoms with E-state index in [0.717, 1.165) is 11.1 Å². The maximum absolute atomic E-state index is 3.29. The second-order valence-electron chi connectivity index (χ2n) is 7.50. The molecule has 0 aromatic heterocycles. The highest BCUT2D eigenvalue weighted by molar-refractivity contribution is 5.47. The molecule has 0 aliphatic rings. The summed E-state index contributed by atoms with van der Waals surface area (Å²) in [5, 5.41) is 0. The molecule has 0 rings (SSSR count). The summed E-state index contributed by atoms with van der Waals surface area (Å²) in [4.78, 5) is 0. The Morgan fingerprint density at radius 3 is 1.00 bits per heavy atom. The van der Waals surface area contributed by atoms with Gasteiger partial charge in [-0.3, -0.25) is 0 Å². The van der Waals surface area contributed by atoms with E-state index >= 15 is 0 Å². The average molecular weight is 270 g/mol. The maximum Gasteiger partial charge on any atom is 0.0233 e. The molecule has 0 heterocycles. The van der Waals surface area contributed by atoms with Crippen molar-refractivity contribution >= 4 is 0 Å².